The minimum Gasteiger partial charge on any atom is -0.373 e. The zero-order valence-corrected chi connectivity index (χ0v) is 8.91. The molecule has 2 heterocycles. The Morgan fingerprint density at radius 3 is 3.07 bits per heavy atom. The van der Waals surface area contributed by atoms with Crippen molar-refractivity contribution in [2.45, 2.75) is 57.5 Å². The molecule has 2 saturated heterocycles. The minimum atomic E-state index is -0.0737. The fourth-order valence-corrected chi connectivity index (χ4v) is 2.05. The van der Waals surface area contributed by atoms with Gasteiger partial charge in [0.15, 0.2) is 6.29 Å². The molecule has 0 saturated carbocycles. The van der Waals surface area contributed by atoms with Gasteiger partial charge in [0.1, 0.15) is 6.10 Å². The Hall–Kier alpha value is -0.120. The second kappa shape index (κ2) is 5.10. The molecule has 82 valence electrons. The number of fused-ring (bicyclic) bond motifs is 2. The van der Waals surface area contributed by atoms with E-state index in [1.54, 1.807) is 0 Å². The molecule has 2 bridgehead atoms. The van der Waals surface area contributed by atoms with Gasteiger partial charge in [0.2, 0.25) is 0 Å². The van der Waals surface area contributed by atoms with Gasteiger partial charge in [-0.1, -0.05) is 19.8 Å². The molecule has 0 amide bonds. The van der Waals surface area contributed by atoms with Crippen molar-refractivity contribution in [2.24, 2.45) is 0 Å². The van der Waals surface area contributed by atoms with Gasteiger partial charge in [-0.2, -0.15) is 0 Å². The Balaban J connectivity index is 1.65. The first-order valence-corrected chi connectivity index (χ1v) is 5.79. The highest BCUT2D eigenvalue weighted by atomic mass is 16.7. The molecule has 0 spiro atoms. The normalized spacial score (nSPS) is 36.2. The summed E-state index contributed by atoms with van der Waals surface area (Å²) >= 11 is 0. The monoisotopic (exact) mass is 200 g/mol. The molecule has 14 heavy (non-hydrogen) atoms. The molecule has 0 N–H and O–H groups in total. The van der Waals surface area contributed by atoms with Crippen molar-refractivity contribution in [3.8, 4) is 0 Å². The highest BCUT2D eigenvalue weighted by molar-refractivity contribution is 4.79. The third-order valence-electron chi connectivity index (χ3n) is 2.93. The molecule has 0 unspecified atom stereocenters. The third-order valence-corrected chi connectivity index (χ3v) is 2.93. The lowest BCUT2D eigenvalue weighted by Crippen LogP contribution is -2.35. The van der Waals surface area contributed by atoms with Crippen molar-refractivity contribution >= 4 is 0 Å². The van der Waals surface area contributed by atoms with Gasteiger partial charge >= 0.3 is 0 Å². The van der Waals surface area contributed by atoms with Crippen LogP contribution >= 0.6 is 0 Å². The summed E-state index contributed by atoms with van der Waals surface area (Å²) in [7, 11) is 0. The molecule has 3 atom stereocenters. The largest absolute Gasteiger partial charge is 0.373 e. The lowest BCUT2D eigenvalue weighted by atomic mass is 10.1. The molecular formula is C11H20O3. The SMILES string of the molecule is CCCCCO[C@@H]1CC[C@@H]2CO[C@@H]1O2. The summed E-state index contributed by atoms with van der Waals surface area (Å²) in [5.74, 6) is 0. The van der Waals surface area contributed by atoms with Gasteiger partial charge in [-0.3, -0.25) is 0 Å². The molecule has 3 nitrogen and oxygen atoms in total. The van der Waals surface area contributed by atoms with Crippen LogP contribution in [0.1, 0.15) is 39.0 Å². The quantitative estimate of drug-likeness (QED) is 0.636. The van der Waals surface area contributed by atoms with E-state index in [9.17, 15) is 0 Å². The van der Waals surface area contributed by atoms with Crippen LogP contribution in [-0.2, 0) is 14.2 Å². The first-order chi connectivity index (χ1) is 6.90. The Bertz CT molecular complexity index is 172. The van der Waals surface area contributed by atoms with Crippen molar-refractivity contribution in [2.75, 3.05) is 13.2 Å². The van der Waals surface area contributed by atoms with E-state index in [2.05, 4.69) is 6.92 Å². The molecule has 2 fully saturated rings. The van der Waals surface area contributed by atoms with Crippen molar-refractivity contribution in [3.05, 3.63) is 0 Å². The molecule has 2 aliphatic heterocycles. The van der Waals surface area contributed by atoms with E-state index in [1.807, 2.05) is 0 Å². The Labute approximate surface area is 85.7 Å². The van der Waals surface area contributed by atoms with Crippen LogP contribution in [0, 0.1) is 0 Å². The molecule has 0 aromatic heterocycles. The fourth-order valence-electron chi connectivity index (χ4n) is 2.05. The van der Waals surface area contributed by atoms with E-state index in [0.29, 0.717) is 6.10 Å². The van der Waals surface area contributed by atoms with Gasteiger partial charge in [-0.05, 0) is 19.3 Å². The highest BCUT2D eigenvalue weighted by Crippen LogP contribution is 2.28. The summed E-state index contributed by atoms with van der Waals surface area (Å²) in [5.41, 5.74) is 0. The average molecular weight is 200 g/mol. The maximum atomic E-state index is 5.77. The minimum absolute atomic E-state index is 0.0737. The van der Waals surface area contributed by atoms with Crippen LogP contribution in [0.3, 0.4) is 0 Å². The lowest BCUT2D eigenvalue weighted by molar-refractivity contribution is -0.173. The van der Waals surface area contributed by atoms with E-state index >= 15 is 0 Å². The highest BCUT2D eigenvalue weighted by Gasteiger charge is 2.38. The predicted octanol–water partition coefficient (Wildman–Crippen LogP) is 2.10. The summed E-state index contributed by atoms with van der Waals surface area (Å²) in [6, 6.07) is 0. The topological polar surface area (TPSA) is 27.7 Å². The Kier molecular flexibility index (Phi) is 3.79. The maximum Gasteiger partial charge on any atom is 0.184 e. The summed E-state index contributed by atoms with van der Waals surface area (Å²) in [6.07, 6.45) is 6.30. The number of rotatable bonds is 5. The molecule has 0 aromatic rings. The molecular weight excluding hydrogens is 180 g/mol. The second-order valence-corrected chi connectivity index (χ2v) is 4.15. The van der Waals surface area contributed by atoms with Crippen LogP contribution in [0.2, 0.25) is 0 Å². The first-order valence-electron chi connectivity index (χ1n) is 5.79. The molecule has 0 aliphatic carbocycles. The number of hydrogen-bond acceptors (Lipinski definition) is 3. The molecule has 2 aliphatic rings. The predicted molar refractivity (Wildman–Crippen MR) is 53.1 cm³/mol. The van der Waals surface area contributed by atoms with E-state index < -0.39 is 0 Å². The van der Waals surface area contributed by atoms with Crippen LogP contribution in [0.4, 0.5) is 0 Å². The van der Waals surface area contributed by atoms with E-state index in [-0.39, 0.29) is 12.4 Å². The van der Waals surface area contributed by atoms with Crippen molar-refractivity contribution in [1.29, 1.82) is 0 Å². The maximum absolute atomic E-state index is 5.77. The van der Waals surface area contributed by atoms with Gasteiger partial charge in [0, 0.05) is 6.61 Å². The zero-order chi connectivity index (χ0) is 9.80. The molecule has 0 aromatic carbocycles. The van der Waals surface area contributed by atoms with E-state index in [4.69, 9.17) is 14.2 Å². The third kappa shape index (κ3) is 2.47. The van der Waals surface area contributed by atoms with Gasteiger partial charge in [0.05, 0.1) is 12.7 Å². The van der Waals surface area contributed by atoms with Gasteiger partial charge < -0.3 is 14.2 Å². The summed E-state index contributed by atoms with van der Waals surface area (Å²) in [5, 5.41) is 0. The van der Waals surface area contributed by atoms with Crippen molar-refractivity contribution in [1.82, 2.24) is 0 Å². The number of ether oxygens (including phenoxy) is 3. The standard InChI is InChI=1S/C11H20O3/c1-2-3-4-7-12-10-6-5-9-8-13-11(10)14-9/h9-11H,2-8H2,1H3/t9-,10-,11-/m1/s1. The zero-order valence-electron chi connectivity index (χ0n) is 8.91. The summed E-state index contributed by atoms with van der Waals surface area (Å²) in [6.45, 7) is 3.82. The van der Waals surface area contributed by atoms with Crippen LogP contribution in [0.5, 0.6) is 0 Å². The summed E-state index contributed by atoms with van der Waals surface area (Å²) < 4.78 is 16.9. The summed E-state index contributed by atoms with van der Waals surface area (Å²) in [4.78, 5) is 0. The van der Waals surface area contributed by atoms with E-state index in [1.165, 1.54) is 12.8 Å². The smallest absolute Gasteiger partial charge is 0.184 e. The molecule has 2 rings (SSSR count). The van der Waals surface area contributed by atoms with Crippen molar-refractivity contribution in [3.63, 3.8) is 0 Å². The lowest BCUT2D eigenvalue weighted by Gasteiger charge is -2.27. The van der Waals surface area contributed by atoms with Crippen molar-refractivity contribution < 1.29 is 14.2 Å². The van der Waals surface area contributed by atoms with Crippen LogP contribution in [-0.4, -0.2) is 31.7 Å². The molecule has 3 heteroatoms. The number of unbranched alkanes of at least 4 members (excludes halogenated alkanes) is 2. The number of hydrogen-bond donors (Lipinski definition) is 0. The Morgan fingerprint density at radius 2 is 2.21 bits per heavy atom. The van der Waals surface area contributed by atoms with E-state index in [0.717, 1.165) is 32.5 Å². The average Bonchev–Trinajstić information content (AvgIpc) is 2.59. The van der Waals surface area contributed by atoms with Crippen LogP contribution in [0.25, 0.3) is 0 Å². The van der Waals surface area contributed by atoms with Crippen LogP contribution in [0.15, 0.2) is 0 Å². The second-order valence-electron chi connectivity index (χ2n) is 4.15. The van der Waals surface area contributed by atoms with Crippen LogP contribution < -0.4 is 0 Å². The molecule has 0 radical (unpaired) electrons. The van der Waals surface area contributed by atoms with Gasteiger partial charge in [-0.15, -0.1) is 0 Å². The van der Waals surface area contributed by atoms with Gasteiger partial charge in [-0.25, -0.2) is 0 Å². The fraction of sp³-hybridized carbons (Fsp3) is 1.00. The first kappa shape index (κ1) is 10.4. The van der Waals surface area contributed by atoms with Gasteiger partial charge in [0.25, 0.3) is 0 Å². The Morgan fingerprint density at radius 1 is 1.29 bits per heavy atom.